The molecule has 0 aliphatic carbocycles. The molecule has 1 aliphatic rings. The molecule has 0 spiro atoms. The van der Waals surface area contributed by atoms with Crippen molar-refractivity contribution < 1.29 is 9.53 Å². The van der Waals surface area contributed by atoms with Crippen molar-refractivity contribution in [3.05, 3.63) is 120 Å². The summed E-state index contributed by atoms with van der Waals surface area (Å²) in [5, 5.41) is 8.04. The van der Waals surface area contributed by atoms with Crippen LogP contribution in [0.15, 0.2) is 97.2 Å². The van der Waals surface area contributed by atoms with Gasteiger partial charge in [-0.2, -0.15) is 5.10 Å². The zero-order valence-electron chi connectivity index (χ0n) is 23.1. The molecule has 3 heterocycles. The fourth-order valence-corrected chi connectivity index (χ4v) is 5.32. The van der Waals surface area contributed by atoms with Crippen molar-refractivity contribution >= 4 is 17.4 Å². The van der Waals surface area contributed by atoms with E-state index in [1.165, 1.54) is 0 Å². The van der Waals surface area contributed by atoms with E-state index in [2.05, 4.69) is 51.3 Å². The van der Waals surface area contributed by atoms with Crippen molar-refractivity contribution in [3.63, 3.8) is 0 Å². The van der Waals surface area contributed by atoms with E-state index in [-0.39, 0.29) is 12.1 Å². The molecule has 6 rings (SSSR count). The number of methoxy groups -OCH3 is 1. The third-order valence-corrected chi connectivity index (χ3v) is 7.41. The van der Waals surface area contributed by atoms with Crippen LogP contribution >= 0.6 is 0 Å². The number of hydrogen-bond donors (Lipinski definition) is 1. The number of amides is 2. The van der Waals surface area contributed by atoms with Gasteiger partial charge in [0.2, 0.25) is 0 Å². The maximum atomic E-state index is 14.1. The number of urea groups is 1. The minimum Gasteiger partial charge on any atom is -0.497 e. The Morgan fingerprint density at radius 2 is 1.68 bits per heavy atom. The highest BCUT2D eigenvalue weighted by Crippen LogP contribution is 2.39. The molecule has 1 N–H and O–H groups in total. The molecule has 40 heavy (non-hydrogen) atoms. The van der Waals surface area contributed by atoms with Gasteiger partial charge in [-0.25, -0.2) is 9.48 Å². The maximum Gasteiger partial charge on any atom is 0.322 e. The Labute approximate surface area is 234 Å². The van der Waals surface area contributed by atoms with Crippen LogP contribution in [0.5, 0.6) is 5.75 Å². The van der Waals surface area contributed by atoms with Crippen LogP contribution in [0.4, 0.5) is 16.2 Å². The molecule has 1 aliphatic heterocycles. The van der Waals surface area contributed by atoms with Gasteiger partial charge in [-0.3, -0.25) is 0 Å². The second-order valence-electron chi connectivity index (χ2n) is 10.1. The largest absolute Gasteiger partial charge is 0.497 e. The van der Waals surface area contributed by atoms with E-state index in [4.69, 9.17) is 9.84 Å². The topological polar surface area (TPSA) is 67.6 Å². The van der Waals surface area contributed by atoms with E-state index in [0.29, 0.717) is 12.2 Å². The molecule has 5 aromatic rings. The predicted molar refractivity (Wildman–Crippen MR) is 158 cm³/mol. The molecule has 0 saturated heterocycles. The highest BCUT2D eigenvalue weighted by Gasteiger charge is 2.36. The van der Waals surface area contributed by atoms with Gasteiger partial charge in [0.15, 0.2) is 0 Å². The Kier molecular flexibility index (Phi) is 6.51. The summed E-state index contributed by atoms with van der Waals surface area (Å²) in [6.07, 6.45) is 2.06. The summed E-state index contributed by atoms with van der Waals surface area (Å²) in [5.74, 6) is 1.68. The van der Waals surface area contributed by atoms with Crippen LogP contribution < -0.4 is 15.0 Å². The van der Waals surface area contributed by atoms with E-state index < -0.39 is 0 Å². The fraction of sp³-hybridized carbons (Fsp3) is 0.188. The monoisotopic (exact) mass is 532 g/mol. The van der Waals surface area contributed by atoms with Gasteiger partial charge < -0.3 is 24.4 Å². The first-order chi connectivity index (χ1) is 19.4. The first-order valence-corrected chi connectivity index (χ1v) is 13.2. The molecular formula is C32H32N6O2. The van der Waals surface area contributed by atoms with Crippen molar-refractivity contribution in [2.24, 2.45) is 0 Å². The molecule has 202 valence electrons. The van der Waals surface area contributed by atoms with Crippen molar-refractivity contribution in [3.8, 4) is 17.3 Å². The number of para-hydroxylation sites is 1. The van der Waals surface area contributed by atoms with Gasteiger partial charge in [-0.05, 0) is 73.2 Å². The van der Waals surface area contributed by atoms with Gasteiger partial charge in [0, 0.05) is 37.2 Å². The van der Waals surface area contributed by atoms with Gasteiger partial charge in [0.1, 0.15) is 11.6 Å². The molecule has 0 saturated carbocycles. The average Bonchev–Trinajstić information content (AvgIpc) is 3.54. The Morgan fingerprint density at radius 3 is 2.35 bits per heavy atom. The molecule has 0 radical (unpaired) electrons. The van der Waals surface area contributed by atoms with E-state index in [0.717, 1.165) is 45.5 Å². The summed E-state index contributed by atoms with van der Waals surface area (Å²) in [6.45, 7) is 2.39. The van der Waals surface area contributed by atoms with Crippen LogP contribution in [0.25, 0.3) is 11.5 Å². The SMILES string of the molecule is COc1ccc(NC(=O)N2Cc3c(C)nn(-c4ccccc4)c3-n3cccc3[C@@H]2c2ccc(N(C)C)cc2)cc1. The Bertz CT molecular complexity index is 1640. The lowest BCUT2D eigenvalue weighted by Gasteiger charge is -2.31. The third kappa shape index (κ3) is 4.47. The smallest absolute Gasteiger partial charge is 0.322 e. The maximum absolute atomic E-state index is 14.1. The number of ether oxygens (including phenoxy) is 1. The highest BCUT2D eigenvalue weighted by molar-refractivity contribution is 5.90. The zero-order chi connectivity index (χ0) is 27.8. The number of aromatic nitrogens is 3. The summed E-state index contributed by atoms with van der Waals surface area (Å²) in [7, 11) is 5.67. The number of benzene rings is 3. The normalized spacial score (nSPS) is 14.2. The molecule has 0 unspecified atom stereocenters. The summed E-state index contributed by atoms with van der Waals surface area (Å²) in [5.41, 5.74) is 6.65. The van der Waals surface area contributed by atoms with Gasteiger partial charge >= 0.3 is 6.03 Å². The first-order valence-electron chi connectivity index (χ1n) is 13.2. The Hall–Kier alpha value is -4.98. The highest BCUT2D eigenvalue weighted by atomic mass is 16.5. The second-order valence-corrected chi connectivity index (χ2v) is 10.1. The Balaban J connectivity index is 1.50. The number of aryl methyl sites for hydroxylation is 1. The Morgan fingerprint density at radius 1 is 0.950 bits per heavy atom. The second kappa shape index (κ2) is 10.3. The third-order valence-electron chi connectivity index (χ3n) is 7.41. The molecule has 1 atom stereocenters. The summed E-state index contributed by atoms with van der Waals surface area (Å²) < 4.78 is 9.44. The van der Waals surface area contributed by atoms with Gasteiger partial charge in [-0.1, -0.05) is 30.3 Å². The molecule has 8 heteroatoms. The number of carbonyl (C=O) groups excluding carboxylic acids is 1. The van der Waals surface area contributed by atoms with Crippen LogP contribution in [0, 0.1) is 6.92 Å². The van der Waals surface area contributed by atoms with Crippen LogP contribution in [0.3, 0.4) is 0 Å². The minimum absolute atomic E-state index is 0.195. The molecule has 0 bridgehead atoms. The number of carbonyl (C=O) groups is 1. The van der Waals surface area contributed by atoms with Gasteiger partial charge in [0.05, 0.1) is 36.8 Å². The number of nitrogens with zero attached hydrogens (tertiary/aromatic N) is 5. The van der Waals surface area contributed by atoms with Crippen LogP contribution in [0.2, 0.25) is 0 Å². The number of nitrogens with one attached hydrogen (secondary N) is 1. The summed E-state index contributed by atoms with van der Waals surface area (Å²) in [4.78, 5) is 18.1. The van der Waals surface area contributed by atoms with Crippen molar-refractivity contribution in [1.82, 2.24) is 19.2 Å². The standard InChI is InChI=1S/C32H32N6O2/c1-22-28-21-37(32(39)33-24-14-18-27(40-4)19-15-24)30(23-12-16-25(17-13-23)35(2)3)29-11-8-20-36(29)31(28)38(34-22)26-9-6-5-7-10-26/h5-20,30H,21H2,1-4H3,(H,33,39)/t30-/m0/s1. The molecule has 8 nitrogen and oxygen atoms in total. The van der Waals surface area contributed by atoms with Crippen molar-refractivity contribution in [1.29, 1.82) is 0 Å². The molecule has 3 aromatic carbocycles. The predicted octanol–water partition coefficient (Wildman–Crippen LogP) is 6.18. The van der Waals surface area contributed by atoms with Crippen LogP contribution in [0.1, 0.15) is 28.6 Å². The lowest BCUT2D eigenvalue weighted by molar-refractivity contribution is 0.194. The van der Waals surface area contributed by atoms with Gasteiger partial charge in [-0.15, -0.1) is 0 Å². The quantitative estimate of drug-likeness (QED) is 0.293. The zero-order valence-corrected chi connectivity index (χ0v) is 23.1. The molecule has 0 fully saturated rings. The van der Waals surface area contributed by atoms with Crippen LogP contribution in [-0.2, 0) is 6.54 Å². The van der Waals surface area contributed by atoms with Crippen molar-refractivity contribution in [2.75, 3.05) is 31.4 Å². The van der Waals surface area contributed by atoms with E-state index in [9.17, 15) is 4.79 Å². The van der Waals surface area contributed by atoms with Gasteiger partial charge in [0.25, 0.3) is 0 Å². The van der Waals surface area contributed by atoms with E-state index >= 15 is 0 Å². The van der Waals surface area contributed by atoms with Crippen LogP contribution in [-0.4, -0.2) is 46.5 Å². The first kappa shape index (κ1) is 25.3. The average molecular weight is 533 g/mol. The van der Waals surface area contributed by atoms with E-state index in [1.807, 2.05) is 91.3 Å². The van der Waals surface area contributed by atoms with Crippen molar-refractivity contribution in [2.45, 2.75) is 19.5 Å². The fourth-order valence-electron chi connectivity index (χ4n) is 5.32. The lowest BCUT2D eigenvalue weighted by atomic mass is 10.0. The number of anilines is 2. The number of rotatable bonds is 5. The van der Waals surface area contributed by atoms with E-state index in [1.54, 1.807) is 7.11 Å². The number of fused-ring (bicyclic) bond motifs is 3. The molecule has 2 amide bonds. The molecule has 2 aromatic heterocycles. The minimum atomic E-state index is -0.333. The number of hydrogen-bond acceptors (Lipinski definition) is 4. The summed E-state index contributed by atoms with van der Waals surface area (Å²) in [6, 6.07) is 29.5. The molecular weight excluding hydrogens is 500 g/mol. The summed E-state index contributed by atoms with van der Waals surface area (Å²) >= 11 is 0. The lowest BCUT2D eigenvalue weighted by Crippen LogP contribution is -2.38.